The van der Waals surface area contributed by atoms with Gasteiger partial charge in [0.1, 0.15) is 11.6 Å². The third-order valence-corrected chi connectivity index (χ3v) is 7.78. The van der Waals surface area contributed by atoms with E-state index in [2.05, 4.69) is 25.1 Å². The Morgan fingerprint density at radius 3 is 2.69 bits per heavy atom. The van der Waals surface area contributed by atoms with Crippen LogP contribution in [0.15, 0.2) is 48.0 Å². The quantitative estimate of drug-likeness (QED) is 0.592. The van der Waals surface area contributed by atoms with Gasteiger partial charge in [-0.1, -0.05) is 25.1 Å². The van der Waals surface area contributed by atoms with Crippen molar-refractivity contribution in [3.05, 3.63) is 70.5 Å². The molecule has 150 valence electrons. The Morgan fingerprint density at radius 1 is 1.14 bits per heavy atom. The molecule has 0 radical (unpaired) electrons. The molecule has 3 aliphatic carbocycles. The molecule has 2 saturated carbocycles. The molecule has 0 spiro atoms. The molecule has 2 aromatic rings. The number of allylic oxidation sites excluding steroid dienone is 1. The number of carbonyl (C=O) groups excluding carboxylic acids is 1. The highest BCUT2D eigenvalue weighted by atomic mass is 19.1. The topological polar surface area (TPSA) is 26.3 Å². The number of rotatable bonds is 2. The molecule has 2 nitrogen and oxygen atoms in total. The molecule has 2 fully saturated rings. The fraction of sp³-hybridized carbons (Fsp3) is 0.423. The van der Waals surface area contributed by atoms with Crippen molar-refractivity contribution in [2.24, 2.45) is 17.3 Å². The number of benzene rings is 2. The molecular formula is C26H27FO2. The molecule has 0 heterocycles. The van der Waals surface area contributed by atoms with Gasteiger partial charge in [0.15, 0.2) is 5.78 Å². The van der Waals surface area contributed by atoms with Crippen molar-refractivity contribution in [1.29, 1.82) is 0 Å². The van der Waals surface area contributed by atoms with Gasteiger partial charge < -0.3 is 4.74 Å². The van der Waals surface area contributed by atoms with Crippen LogP contribution in [0, 0.1) is 23.1 Å². The number of halogens is 1. The van der Waals surface area contributed by atoms with E-state index in [1.807, 2.05) is 6.08 Å². The zero-order valence-corrected chi connectivity index (χ0v) is 17.1. The van der Waals surface area contributed by atoms with Crippen LogP contribution in [0.5, 0.6) is 5.75 Å². The average Bonchev–Trinajstić information content (AvgIpc) is 2.99. The lowest BCUT2D eigenvalue weighted by Crippen LogP contribution is -2.42. The molecule has 0 amide bonds. The first kappa shape index (κ1) is 18.6. The van der Waals surface area contributed by atoms with E-state index in [9.17, 15) is 9.18 Å². The molecule has 0 N–H and O–H groups in total. The summed E-state index contributed by atoms with van der Waals surface area (Å²) in [6.45, 7) is 2.19. The maximum absolute atomic E-state index is 13.4. The number of hydrogen-bond acceptors (Lipinski definition) is 2. The first-order chi connectivity index (χ1) is 14.0. The minimum absolute atomic E-state index is 0.245. The number of ketones is 1. The largest absolute Gasteiger partial charge is 0.497 e. The van der Waals surface area contributed by atoms with Crippen molar-refractivity contribution in [1.82, 2.24) is 0 Å². The van der Waals surface area contributed by atoms with E-state index in [1.54, 1.807) is 19.2 Å². The lowest BCUT2D eigenvalue weighted by atomic mass is 9.55. The van der Waals surface area contributed by atoms with Crippen LogP contribution in [-0.2, 0) is 11.2 Å². The molecular weight excluding hydrogens is 363 g/mol. The van der Waals surface area contributed by atoms with Crippen molar-refractivity contribution < 1.29 is 13.9 Å². The second-order valence-corrected chi connectivity index (χ2v) is 9.19. The second-order valence-electron chi connectivity index (χ2n) is 9.19. The predicted octanol–water partition coefficient (Wildman–Crippen LogP) is 5.95. The molecule has 2 aromatic carbocycles. The summed E-state index contributed by atoms with van der Waals surface area (Å²) in [5.74, 6) is 2.49. The SMILES string of the molecule is COc1ccc2c(c1)CC[C@@H]1[C@@H]2CC[C@]2(C)C(=O)/C(=C/c3ccc(F)cc3)C[C@H]12. The van der Waals surface area contributed by atoms with Gasteiger partial charge in [0.2, 0.25) is 0 Å². The minimum Gasteiger partial charge on any atom is -0.497 e. The van der Waals surface area contributed by atoms with Gasteiger partial charge in [-0.25, -0.2) is 4.39 Å². The number of hydrogen-bond donors (Lipinski definition) is 0. The van der Waals surface area contributed by atoms with Crippen LogP contribution in [0.1, 0.15) is 55.2 Å². The highest BCUT2D eigenvalue weighted by molar-refractivity contribution is 6.06. The molecule has 5 rings (SSSR count). The van der Waals surface area contributed by atoms with Crippen molar-refractivity contribution in [3.63, 3.8) is 0 Å². The monoisotopic (exact) mass is 390 g/mol. The molecule has 29 heavy (non-hydrogen) atoms. The number of ether oxygens (including phenoxy) is 1. The van der Waals surface area contributed by atoms with Crippen LogP contribution >= 0.6 is 0 Å². The van der Waals surface area contributed by atoms with Gasteiger partial charge in [-0.15, -0.1) is 0 Å². The van der Waals surface area contributed by atoms with Gasteiger partial charge in [0.25, 0.3) is 0 Å². The van der Waals surface area contributed by atoms with E-state index in [0.29, 0.717) is 23.5 Å². The number of fused-ring (bicyclic) bond motifs is 5. The highest BCUT2D eigenvalue weighted by Gasteiger charge is 2.56. The van der Waals surface area contributed by atoms with E-state index in [0.717, 1.165) is 49.0 Å². The molecule has 4 atom stereocenters. The third kappa shape index (κ3) is 2.94. The summed E-state index contributed by atoms with van der Waals surface area (Å²) in [4.78, 5) is 13.4. The Hall–Kier alpha value is -2.42. The molecule has 0 bridgehead atoms. The summed E-state index contributed by atoms with van der Waals surface area (Å²) < 4.78 is 18.7. The number of Topliss-reactive ketones (excluding diaryl/α,β-unsaturated/α-hetero) is 1. The van der Waals surface area contributed by atoms with Crippen LogP contribution in [-0.4, -0.2) is 12.9 Å². The first-order valence-electron chi connectivity index (χ1n) is 10.7. The Kier molecular flexibility index (Phi) is 4.38. The van der Waals surface area contributed by atoms with Crippen molar-refractivity contribution in [2.75, 3.05) is 7.11 Å². The Balaban J connectivity index is 1.47. The zero-order valence-electron chi connectivity index (χ0n) is 17.1. The van der Waals surface area contributed by atoms with Crippen molar-refractivity contribution >= 4 is 11.9 Å². The molecule has 0 unspecified atom stereocenters. The number of aryl methyl sites for hydroxylation is 1. The van der Waals surface area contributed by atoms with Gasteiger partial charge >= 0.3 is 0 Å². The van der Waals surface area contributed by atoms with E-state index < -0.39 is 0 Å². The van der Waals surface area contributed by atoms with Gasteiger partial charge in [-0.2, -0.15) is 0 Å². The van der Waals surface area contributed by atoms with Crippen LogP contribution < -0.4 is 4.74 Å². The molecule has 3 heteroatoms. The van der Waals surface area contributed by atoms with Crippen LogP contribution in [0.4, 0.5) is 4.39 Å². The summed E-state index contributed by atoms with van der Waals surface area (Å²) >= 11 is 0. The predicted molar refractivity (Wildman–Crippen MR) is 112 cm³/mol. The average molecular weight is 390 g/mol. The summed E-state index contributed by atoms with van der Waals surface area (Å²) in [5, 5.41) is 0. The van der Waals surface area contributed by atoms with Crippen molar-refractivity contribution in [3.8, 4) is 5.75 Å². The second kappa shape index (κ2) is 6.83. The van der Waals surface area contributed by atoms with Crippen LogP contribution in [0.3, 0.4) is 0 Å². The van der Waals surface area contributed by atoms with E-state index in [-0.39, 0.29) is 11.2 Å². The van der Waals surface area contributed by atoms with Gasteiger partial charge in [0, 0.05) is 5.41 Å². The van der Waals surface area contributed by atoms with E-state index >= 15 is 0 Å². The first-order valence-corrected chi connectivity index (χ1v) is 10.7. The van der Waals surface area contributed by atoms with E-state index in [4.69, 9.17) is 4.74 Å². The third-order valence-electron chi connectivity index (χ3n) is 7.78. The molecule has 0 aliphatic heterocycles. The maximum atomic E-state index is 13.4. The fourth-order valence-corrected chi connectivity index (χ4v) is 6.25. The Bertz CT molecular complexity index is 990. The summed E-state index contributed by atoms with van der Waals surface area (Å²) in [6, 6.07) is 13.0. The number of carbonyl (C=O) groups is 1. The normalized spacial score (nSPS) is 31.9. The fourth-order valence-electron chi connectivity index (χ4n) is 6.25. The van der Waals surface area contributed by atoms with Crippen molar-refractivity contribution in [2.45, 2.75) is 44.9 Å². The van der Waals surface area contributed by atoms with E-state index in [1.165, 1.54) is 23.3 Å². The number of methoxy groups -OCH3 is 1. The molecule has 0 aromatic heterocycles. The standard InChI is InChI=1S/C26H27FO2/c1-26-12-11-22-21-10-8-20(29-2)14-17(21)5-9-23(22)24(26)15-18(25(26)28)13-16-3-6-19(27)7-4-16/h3-4,6-8,10,13-14,22-24H,5,9,11-12,15H2,1-2H3/b18-13+/t22-,23-,24-,26+/m1/s1. The van der Waals surface area contributed by atoms with Crippen LogP contribution in [0.25, 0.3) is 6.08 Å². The maximum Gasteiger partial charge on any atom is 0.165 e. The Labute approximate surface area is 171 Å². The van der Waals surface area contributed by atoms with Gasteiger partial charge in [-0.3, -0.25) is 4.79 Å². The lowest BCUT2D eigenvalue weighted by Gasteiger charge is -2.48. The lowest BCUT2D eigenvalue weighted by molar-refractivity contribution is -0.127. The molecule has 0 saturated heterocycles. The van der Waals surface area contributed by atoms with Gasteiger partial charge in [-0.05, 0) is 102 Å². The zero-order chi connectivity index (χ0) is 20.2. The van der Waals surface area contributed by atoms with Crippen LogP contribution in [0.2, 0.25) is 0 Å². The highest BCUT2D eigenvalue weighted by Crippen LogP contribution is 2.60. The summed E-state index contributed by atoms with van der Waals surface area (Å²) in [7, 11) is 1.72. The minimum atomic E-state index is -0.253. The van der Waals surface area contributed by atoms with Gasteiger partial charge in [0.05, 0.1) is 7.11 Å². The smallest absolute Gasteiger partial charge is 0.165 e. The Morgan fingerprint density at radius 2 is 1.93 bits per heavy atom. The molecule has 3 aliphatic rings. The summed E-state index contributed by atoms with van der Waals surface area (Å²) in [5.41, 5.74) is 4.46. The summed E-state index contributed by atoms with van der Waals surface area (Å²) in [6.07, 6.45) is 7.06.